The van der Waals surface area contributed by atoms with Crippen LogP contribution >= 0.6 is 8.58 Å². The van der Waals surface area contributed by atoms with E-state index in [1.54, 1.807) is 0 Å². The lowest BCUT2D eigenvalue weighted by Gasteiger charge is -2.12. The van der Waals surface area contributed by atoms with E-state index in [1.807, 2.05) is 0 Å². The van der Waals surface area contributed by atoms with Gasteiger partial charge in [0.1, 0.15) is 0 Å². The van der Waals surface area contributed by atoms with Gasteiger partial charge in [0.25, 0.3) is 0 Å². The van der Waals surface area contributed by atoms with Crippen LogP contribution in [0.2, 0.25) is 0 Å². The third-order valence-electron chi connectivity index (χ3n) is 2.64. The largest absolute Gasteiger partial charge is 0.0622 e. The molecule has 16 heavy (non-hydrogen) atoms. The molecule has 0 bridgehead atoms. The highest BCUT2D eigenvalue weighted by Gasteiger charge is 2.05. The molecule has 2 aromatic rings. The molecule has 82 valence electrons. The minimum Gasteiger partial charge on any atom is -0.0622 e. The van der Waals surface area contributed by atoms with Crippen LogP contribution in [0.25, 0.3) is 0 Å². The maximum atomic E-state index is 2.26. The van der Waals surface area contributed by atoms with Gasteiger partial charge in [-0.2, -0.15) is 0 Å². The van der Waals surface area contributed by atoms with Crippen molar-refractivity contribution in [3.05, 3.63) is 60.2 Å². The fraction of sp³-hybridized carbons (Fsp3) is 0.200. The molecule has 0 aliphatic carbocycles. The van der Waals surface area contributed by atoms with Crippen molar-refractivity contribution in [2.24, 2.45) is 0 Å². The number of hydrogen-bond acceptors (Lipinski definition) is 0. The third kappa shape index (κ3) is 2.71. The number of rotatable bonds is 3. The Balaban J connectivity index is 2.28. The van der Waals surface area contributed by atoms with Crippen molar-refractivity contribution in [1.82, 2.24) is 0 Å². The van der Waals surface area contributed by atoms with E-state index in [0.29, 0.717) is 5.92 Å². The van der Waals surface area contributed by atoms with Gasteiger partial charge in [-0.15, -0.1) is 0 Å². The Morgan fingerprint density at radius 3 is 2.12 bits per heavy atom. The molecule has 1 unspecified atom stereocenters. The first-order chi connectivity index (χ1) is 7.77. The first kappa shape index (κ1) is 11.4. The van der Waals surface area contributed by atoms with Gasteiger partial charge in [-0.25, -0.2) is 0 Å². The van der Waals surface area contributed by atoms with Crippen molar-refractivity contribution in [2.75, 3.05) is 0 Å². The van der Waals surface area contributed by atoms with E-state index in [-0.39, 0.29) is 0 Å². The molecule has 1 atom stereocenters. The molecule has 2 aromatic carbocycles. The summed E-state index contributed by atoms with van der Waals surface area (Å²) in [7, 11) is 0.768. The first-order valence-corrected chi connectivity index (χ1v) is 6.68. The van der Waals surface area contributed by atoms with Gasteiger partial charge in [-0.3, -0.25) is 0 Å². The number of benzene rings is 2. The van der Waals surface area contributed by atoms with Crippen molar-refractivity contribution in [2.45, 2.75) is 19.8 Å². The molecule has 0 radical (unpaired) electrons. The molecule has 0 nitrogen and oxygen atoms in total. The Kier molecular flexibility index (Phi) is 3.74. The zero-order valence-electron chi connectivity index (χ0n) is 9.77. The monoisotopic (exact) mass is 228 g/mol. The normalized spacial score (nSPS) is 11.4. The molecule has 0 saturated heterocycles. The van der Waals surface area contributed by atoms with Gasteiger partial charge in [-0.05, 0) is 22.1 Å². The van der Waals surface area contributed by atoms with Gasteiger partial charge in [0.15, 0.2) is 0 Å². The highest BCUT2D eigenvalue weighted by Crippen LogP contribution is 2.19. The van der Waals surface area contributed by atoms with Crippen LogP contribution in [0.4, 0.5) is 0 Å². The van der Waals surface area contributed by atoms with Crippen LogP contribution in [0.1, 0.15) is 25.3 Å². The predicted octanol–water partition coefficient (Wildman–Crippen LogP) is 3.44. The van der Waals surface area contributed by atoms with Crippen molar-refractivity contribution in [3.8, 4) is 0 Å². The molecule has 0 saturated carbocycles. The van der Waals surface area contributed by atoms with E-state index in [2.05, 4.69) is 68.4 Å². The highest BCUT2D eigenvalue weighted by molar-refractivity contribution is 7.55. The average molecular weight is 228 g/mol. The summed E-state index contributed by atoms with van der Waals surface area (Å²) >= 11 is 0. The van der Waals surface area contributed by atoms with Gasteiger partial charge in [0, 0.05) is 0 Å². The molecule has 0 N–H and O–H groups in total. The molecule has 2 rings (SSSR count). The van der Waals surface area contributed by atoms with E-state index in [0.717, 1.165) is 8.58 Å². The molecule has 0 heterocycles. The minimum absolute atomic E-state index is 0.604. The lowest BCUT2D eigenvalue weighted by Crippen LogP contribution is -2.09. The van der Waals surface area contributed by atoms with Crippen LogP contribution < -0.4 is 10.6 Å². The predicted molar refractivity (Wildman–Crippen MR) is 74.6 cm³/mol. The smallest absolute Gasteiger partial charge is 0.0192 e. The van der Waals surface area contributed by atoms with E-state index >= 15 is 0 Å². The maximum absolute atomic E-state index is 2.26. The second-order valence-corrected chi connectivity index (χ2v) is 5.60. The van der Waals surface area contributed by atoms with Crippen LogP contribution in [0.15, 0.2) is 54.6 Å². The van der Waals surface area contributed by atoms with Crippen LogP contribution in [0, 0.1) is 0 Å². The van der Waals surface area contributed by atoms with Crippen molar-refractivity contribution >= 4 is 19.2 Å². The van der Waals surface area contributed by atoms with E-state index < -0.39 is 0 Å². The Labute approximate surface area is 99.5 Å². The third-order valence-corrected chi connectivity index (χ3v) is 3.98. The first-order valence-electron chi connectivity index (χ1n) is 5.68. The molecular weight excluding hydrogens is 211 g/mol. The van der Waals surface area contributed by atoms with Crippen molar-refractivity contribution in [3.63, 3.8) is 0 Å². The SMILES string of the molecule is CC(C)c1ccccc1Pc1ccccc1. The summed E-state index contributed by atoms with van der Waals surface area (Å²) in [6, 6.07) is 19.5. The van der Waals surface area contributed by atoms with Crippen LogP contribution in [0.3, 0.4) is 0 Å². The van der Waals surface area contributed by atoms with Crippen molar-refractivity contribution < 1.29 is 0 Å². The lowest BCUT2D eigenvalue weighted by atomic mass is 10.0. The Morgan fingerprint density at radius 1 is 0.812 bits per heavy atom. The van der Waals surface area contributed by atoms with Crippen molar-refractivity contribution in [1.29, 1.82) is 0 Å². The summed E-state index contributed by atoms with van der Waals surface area (Å²) in [5.74, 6) is 0.604. The fourth-order valence-electron chi connectivity index (χ4n) is 1.79. The molecule has 0 aliphatic heterocycles. The molecule has 1 heteroatoms. The summed E-state index contributed by atoms with van der Waals surface area (Å²) in [6.45, 7) is 4.52. The zero-order valence-corrected chi connectivity index (χ0v) is 10.8. The summed E-state index contributed by atoms with van der Waals surface area (Å²) in [5.41, 5.74) is 1.48. The maximum Gasteiger partial charge on any atom is -0.0192 e. The second-order valence-electron chi connectivity index (χ2n) is 4.23. The van der Waals surface area contributed by atoms with Gasteiger partial charge < -0.3 is 0 Å². The van der Waals surface area contributed by atoms with E-state index in [4.69, 9.17) is 0 Å². The molecule has 0 spiro atoms. The highest BCUT2D eigenvalue weighted by atomic mass is 31.1. The van der Waals surface area contributed by atoms with E-state index in [1.165, 1.54) is 16.2 Å². The summed E-state index contributed by atoms with van der Waals surface area (Å²) in [5, 5.41) is 2.89. The number of hydrogen-bond donors (Lipinski definition) is 0. The van der Waals surface area contributed by atoms with Gasteiger partial charge in [0.05, 0.1) is 0 Å². The Morgan fingerprint density at radius 2 is 1.44 bits per heavy atom. The second kappa shape index (κ2) is 5.27. The lowest BCUT2D eigenvalue weighted by molar-refractivity contribution is 0.874. The zero-order chi connectivity index (χ0) is 11.4. The van der Waals surface area contributed by atoms with Crippen LogP contribution in [-0.4, -0.2) is 0 Å². The summed E-state index contributed by atoms with van der Waals surface area (Å²) < 4.78 is 0. The Bertz CT molecular complexity index is 446. The van der Waals surface area contributed by atoms with Crippen LogP contribution in [-0.2, 0) is 0 Å². The van der Waals surface area contributed by atoms with Gasteiger partial charge in [0.2, 0.25) is 0 Å². The molecular formula is C15H17P. The van der Waals surface area contributed by atoms with E-state index in [9.17, 15) is 0 Å². The molecule has 0 aliphatic rings. The molecule has 0 aromatic heterocycles. The fourth-order valence-corrected chi connectivity index (χ4v) is 3.16. The summed E-state index contributed by atoms with van der Waals surface area (Å²) in [6.07, 6.45) is 0. The minimum atomic E-state index is 0.604. The average Bonchev–Trinajstić information content (AvgIpc) is 2.31. The Hall–Kier alpha value is -1.13. The molecule has 0 fully saturated rings. The summed E-state index contributed by atoms with van der Waals surface area (Å²) in [4.78, 5) is 0. The van der Waals surface area contributed by atoms with Crippen LogP contribution in [0.5, 0.6) is 0 Å². The van der Waals surface area contributed by atoms with Gasteiger partial charge in [-0.1, -0.05) is 77.0 Å². The molecule has 0 amide bonds. The quantitative estimate of drug-likeness (QED) is 0.706. The standard InChI is InChI=1S/C15H17P/c1-12(2)14-10-6-7-11-15(14)16-13-8-4-3-5-9-13/h3-12,16H,1-2H3. The van der Waals surface area contributed by atoms with Gasteiger partial charge >= 0.3 is 0 Å². The topological polar surface area (TPSA) is 0 Å².